The number of carbonyl (C=O) groups is 12. The minimum atomic E-state index is -2.10. The zero-order valence-corrected chi connectivity index (χ0v) is 60.7. The van der Waals surface area contributed by atoms with Gasteiger partial charge in [0.15, 0.2) is 23.8 Å². The van der Waals surface area contributed by atoms with Gasteiger partial charge in [-0.05, 0) is 116 Å². The lowest BCUT2D eigenvalue weighted by Gasteiger charge is -2.40. The fourth-order valence-electron chi connectivity index (χ4n) is 16.4. The Balaban J connectivity index is 1.00. The first-order valence-corrected chi connectivity index (χ1v) is 36.2. The van der Waals surface area contributed by atoms with Crippen molar-refractivity contribution in [1.29, 1.82) is 0 Å². The van der Waals surface area contributed by atoms with Gasteiger partial charge < -0.3 is 81.4 Å². The third-order valence-electron chi connectivity index (χ3n) is 22.3. The highest BCUT2D eigenvalue weighted by molar-refractivity contribution is 6.01. The molecule has 6 heterocycles. The number of amides is 8. The highest BCUT2D eigenvalue weighted by Crippen LogP contribution is 2.56. The van der Waals surface area contributed by atoms with Gasteiger partial charge in [0, 0.05) is 50.7 Å². The van der Waals surface area contributed by atoms with Gasteiger partial charge in [-0.3, -0.25) is 53.0 Å². The molecule has 6 fully saturated rings. The fraction of sp³-hybridized carbons (Fsp3) is 0.671. The van der Waals surface area contributed by atoms with Crippen molar-refractivity contribution in [3.63, 3.8) is 0 Å². The maximum atomic E-state index is 15.5. The molecule has 103 heavy (non-hydrogen) atoms. The first-order chi connectivity index (χ1) is 48.5. The minimum Gasteiger partial charge on any atom is -0.450 e. The first-order valence-electron chi connectivity index (χ1n) is 36.2. The van der Waals surface area contributed by atoms with Crippen LogP contribution in [0.4, 0.5) is 5.69 Å². The molecule has 1 unspecified atom stereocenters. The van der Waals surface area contributed by atoms with Gasteiger partial charge in [0.05, 0.1) is 60.8 Å². The van der Waals surface area contributed by atoms with Crippen molar-refractivity contribution in [2.75, 3.05) is 32.1 Å². The van der Waals surface area contributed by atoms with Gasteiger partial charge >= 0.3 is 11.9 Å². The number of ether oxygens (including phenoxy) is 3. The number of nitrogens with one attached hydrogen (secondary N) is 7. The molecule has 2 aromatic rings. The summed E-state index contributed by atoms with van der Waals surface area (Å²) in [6.45, 7) is 18.7. The van der Waals surface area contributed by atoms with E-state index in [1.165, 1.54) is 25.9 Å². The Morgan fingerprint density at radius 2 is 1.17 bits per heavy atom. The number of hydrogen-bond acceptors (Lipinski definition) is 22. The topological polar surface area (TPSA) is 428 Å². The fourth-order valence-corrected chi connectivity index (χ4v) is 16.4. The van der Waals surface area contributed by atoms with E-state index in [4.69, 9.17) is 14.2 Å². The van der Waals surface area contributed by atoms with Crippen LogP contribution in [0, 0.1) is 47.3 Å². The van der Waals surface area contributed by atoms with Crippen molar-refractivity contribution in [3.05, 3.63) is 53.1 Å². The number of nitrogens with zero attached hydrogens (tertiary/aromatic N) is 3. The Bertz CT molecular complexity index is 3680. The van der Waals surface area contributed by atoms with Gasteiger partial charge in [0.1, 0.15) is 53.5 Å². The van der Waals surface area contributed by atoms with E-state index in [2.05, 4.69) is 37.3 Å². The van der Waals surface area contributed by atoms with E-state index < -0.39 is 240 Å². The number of β-amino-alcohol motifs (C(OH)–C–C–N with tert-alkyl or cyclic N) is 1. The predicted molar refractivity (Wildman–Crippen MR) is 367 cm³/mol. The summed E-state index contributed by atoms with van der Waals surface area (Å²) < 4.78 is 17.3. The number of ketones is 2. The highest BCUT2D eigenvalue weighted by Gasteiger charge is 2.64. The predicted octanol–water partition coefficient (Wildman–Crippen LogP) is -0.361. The lowest BCUT2D eigenvalue weighted by atomic mass is 9.83. The van der Waals surface area contributed by atoms with Crippen molar-refractivity contribution in [3.8, 4) is 11.1 Å². The maximum absolute atomic E-state index is 15.5. The lowest BCUT2D eigenvalue weighted by molar-refractivity contribution is -0.172. The Morgan fingerprint density at radius 1 is 0.602 bits per heavy atom. The molecule has 6 aliphatic heterocycles. The molecule has 2 aromatic carbocycles. The van der Waals surface area contributed by atoms with Crippen LogP contribution in [0.15, 0.2) is 36.4 Å². The molecule has 30 nitrogen and oxygen atoms in total. The Morgan fingerprint density at radius 3 is 1.77 bits per heavy atom. The molecule has 5 saturated heterocycles. The van der Waals surface area contributed by atoms with Crippen LogP contribution in [0.2, 0.25) is 0 Å². The average Bonchev–Trinajstić information content (AvgIpc) is 1.55. The molecule has 8 aliphatic rings. The molecule has 8 amide bonds. The van der Waals surface area contributed by atoms with Crippen LogP contribution >= 0.6 is 0 Å². The standard InChI is InChI=1S/C73H102N10O20/c1-14-46-52(87)26-42(36(11)84)67(94)82-51(66(93)79-56(32(4)5)71(98)103-60(34(8)9)69(96)83-50(65(92)76-46)25-41(86)29-74-83)28-72(99)44-22-38(15-16-40(44)24-53(72)82)39-17-18-47-45(23-39)73(100)27-43-54(61(73)75-47)58(88)57(37(12)85)80-63(90)48(30-101-13)77-64(91)49-21-35(10)19-20-81(49)68(95)59(33(6)7)102-70(97)55(31(2)3)78-62(43)89/h15-18,22-23,31-37,41-43,46,48-51,53-57,59-61,74-75,84-86,99-100H,14,19-21,24-30H2,1-13H3,(H,76,92)(H,77,91)(H,78,89)(H,79,93)(H,80,90)/t35-,36-,37-,41+,42+,43+,46-,48-,49+,50+,51-,53+,54?,55+,56+,57+,59-,60-,61-,72+,73+/m0/s1. The summed E-state index contributed by atoms with van der Waals surface area (Å²) in [7, 11) is 1.29. The van der Waals surface area contributed by atoms with Crippen LogP contribution in [0.1, 0.15) is 145 Å². The molecule has 564 valence electrons. The van der Waals surface area contributed by atoms with Crippen LogP contribution in [0.3, 0.4) is 0 Å². The van der Waals surface area contributed by atoms with Crippen molar-refractivity contribution in [1.82, 2.24) is 46.8 Å². The van der Waals surface area contributed by atoms with E-state index >= 15 is 19.2 Å². The summed E-state index contributed by atoms with van der Waals surface area (Å²) in [6.07, 6.45) is -8.51. The number of piperidine rings is 1. The molecular formula is C73H102N10O20. The monoisotopic (exact) mass is 1440 g/mol. The largest absolute Gasteiger partial charge is 0.450 e. The van der Waals surface area contributed by atoms with Gasteiger partial charge in [-0.15, -0.1) is 0 Å². The third kappa shape index (κ3) is 14.9. The van der Waals surface area contributed by atoms with E-state index in [1.807, 2.05) is 6.92 Å². The van der Waals surface area contributed by atoms with E-state index in [0.717, 1.165) is 9.91 Å². The smallest absolute Gasteiger partial charge is 0.329 e. The number of fused-ring (bicyclic) bond motifs is 12. The zero-order valence-electron chi connectivity index (χ0n) is 60.7. The molecule has 2 aliphatic carbocycles. The van der Waals surface area contributed by atoms with Crippen LogP contribution in [0.5, 0.6) is 0 Å². The SMILES string of the molecule is CC[C@@H]1NC(=O)[C@H]2C[C@@H](O)CNN2C(=O)[C@H](C(C)C)OC(=O)[C@@H](C(C)C)NC(=O)[C@@H]2C[C@@]3(O)c4cc(-c5ccc6c(c5)[C@]5(O)C[C@H]7C(=O)N[C@H](C(C)C)C(=O)O[C@@H](C(C)C)C(=O)N8CC[C@H](C)C[C@@H]8C(=O)N[C@@H](COC)C(=O)N[C@H]([C@H](C)O)C(=O)C7[C@@H]5N6)ccc4C[C@H]3N2C(=O)[C@@H]([C@H](C)O)CC1=O. The number of hydrazine groups is 1. The molecule has 10 rings (SSSR count). The van der Waals surface area contributed by atoms with Gasteiger partial charge in [-0.1, -0.05) is 87.4 Å². The molecule has 30 heteroatoms. The minimum absolute atomic E-state index is 0.00863. The quantitative estimate of drug-likeness (QED) is 0.135. The number of cyclic esters (lactones) is 2. The molecule has 0 bridgehead atoms. The second-order valence-electron chi connectivity index (χ2n) is 31.1. The molecule has 0 spiro atoms. The molecule has 12 N–H and O–H groups in total. The molecule has 1 saturated carbocycles. The summed E-state index contributed by atoms with van der Waals surface area (Å²) >= 11 is 0. The van der Waals surface area contributed by atoms with E-state index in [9.17, 15) is 63.9 Å². The molecule has 21 atom stereocenters. The van der Waals surface area contributed by atoms with Gasteiger partial charge in [0.25, 0.3) is 11.8 Å². The second-order valence-corrected chi connectivity index (χ2v) is 31.1. The Hall–Kier alpha value is -8.00. The first kappa shape index (κ1) is 77.6. The zero-order chi connectivity index (χ0) is 75.5. The maximum Gasteiger partial charge on any atom is 0.329 e. The number of esters is 2. The summed E-state index contributed by atoms with van der Waals surface area (Å²) in [6, 6.07) is -4.05. The third-order valence-corrected chi connectivity index (χ3v) is 22.3. The Kier molecular flexibility index (Phi) is 23.1. The summed E-state index contributed by atoms with van der Waals surface area (Å²) in [4.78, 5) is 180. The number of anilines is 1. The molecular weight excluding hydrogens is 1340 g/mol. The number of aliphatic hydroxyl groups excluding tert-OH is 3. The number of benzene rings is 2. The van der Waals surface area contributed by atoms with Crippen LogP contribution in [-0.2, 0) is 89.4 Å². The molecule has 0 radical (unpaired) electrons. The van der Waals surface area contributed by atoms with Crippen molar-refractivity contribution >= 4 is 76.4 Å². The van der Waals surface area contributed by atoms with Gasteiger partial charge in [-0.25, -0.2) is 15.0 Å². The van der Waals surface area contributed by atoms with Crippen LogP contribution < -0.4 is 37.3 Å². The molecule has 0 aromatic heterocycles. The van der Waals surface area contributed by atoms with E-state index in [-0.39, 0.29) is 55.8 Å². The number of hydrogen-bond donors (Lipinski definition) is 12. The van der Waals surface area contributed by atoms with Crippen molar-refractivity contribution in [2.45, 2.75) is 237 Å². The summed E-state index contributed by atoms with van der Waals surface area (Å²) in [5.74, 6) is -17.7. The van der Waals surface area contributed by atoms with Gasteiger partial charge in [-0.2, -0.15) is 0 Å². The summed E-state index contributed by atoms with van der Waals surface area (Å²) in [5.41, 5.74) is 0.821. The van der Waals surface area contributed by atoms with Crippen LogP contribution in [0.25, 0.3) is 11.1 Å². The van der Waals surface area contributed by atoms with E-state index in [0.29, 0.717) is 28.8 Å². The number of aliphatic hydroxyl groups is 5. The second kappa shape index (κ2) is 30.6. The van der Waals surface area contributed by atoms with Crippen molar-refractivity contribution < 1.29 is 97.3 Å². The Labute approximate surface area is 598 Å². The number of methoxy groups -OCH3 is 1. The number of carbonyl (C=O) groups excluding carboxylic acids is 12. The summed E-state index contributed by atoms with van der Waals surface area (Å²) in [5, 5.41) is 78.2. The highest BCUT2D eigenvalue weighted by atomic mass is 16.6. The number of Topliss-reactive ketones (excluding diaryl/α,β-unsaturated/α-hetero) is 2. The van der Waals surface area contributed by atoms with Crippen LogP contribution in [-0.4, -0.2) is 229 Å². The van der Waals surface area contributed by atoms with E-state index in [1.54, 1.807) is 98.7 Å². The average molecular weight is 1440 g/mol. The van der Waals surface area contributed by atoms with Crippen molar-refractivity contribution in [2.24, 2.45) is 47.3 Å². The number of rotatable bonds is 10. The lowest BCUT2D eigenvalue weighted by Crippen LogP contribution is -2.65. The normalized spacial score (nSPS) is 35.1. The van der Waals surface area contributed by atoms with Gasteiger partial charge in [0.2, 0.25) is 35.4 Å².